The standard InChI is InChI=1S/C12H15BrN4O2S/c1-3-8(14)10(9-4-7(13)5-20-9)17-6-15-11(16-17)12(18)19-2/h4-6,8,10H,3,14H2,1-2H3. The summed E-state index contributed by atoms with van der Waals surface area (Å²) in [5, 5.41) is 6.17. The van der Waals surface area contributed by atoms with E-state index >= 15 is 0 Å². The van der Waals surface area contributed by atoms with E-state index < -0.39 is 5.97 Å². The third kappa shape index (κ3) is 3.08. The highest BCUT2D eigenvalue weighted by Gasteiger charge is 2.25. The fraction of sp³-hybridized carbons (Fsp3) is 0.417. The van der Waals surface area contributed by atoms with Gasteiger partial charge in [-0.3, -0.25) is 0 Å². The number of carbonyl (C=O) groups excluding carboxylic acids is 1. The number of rotatable bonds is 5. The third-order valence-electron chi connectivity index (χ3n) is 2.92. The number of ether oxygens (including phenoxy) is 1. The predicted molar refractivity (Wildman–Crippen MR) is 79.8 cm³/mol. The maximum atomic E-state index is 11.4. The van der Waals surface area contributed by atoms with Crippen LogP contribution >= 0.6 is 27.3 Å². The second kappa shape index (κ2) is 6.47. The second-order valence-electron chi connectivity index (χ2n) is 4.22. The van der Waals surface area contributed by atoms with E-state index in [-0.39, 0.29) is 17.9 Å². The molecular formula is C12H15BrN4O2S. The van der Waals surface area contributed by atoms with Crippen LogP contribution in [0.3, 0.4) is 0 Å². The van der Waals surface area contributed by atoms with E-state index in [4.69, 9.17) is 5.73 Å². The fourth-order valence-electron chi connectivity index (χ4n) is 1.84. The molecule has 2 N–H and O–H groups in total. The number of halogens is 1. The number of hydrogen-bond acceptors (Lipinski definition) is 6. The Morgan fingerprint density at radius 3 is 2.95 bits per heavy atom. The summed E-state index contributed by atoms with van der Waals surface area (Å²) < 4.78 is 7.24. The highest BCUT2D eigenvalue weighted by atomic mass is 79.9. The van der Waals surface area contributed by atoms with Crippen LogP contribution in [0.15, 0.2) is 22.2 Å². The van der Waals surface area contributed by atoms with Crippen molar-refractivity contribution in [2.75, 3.05) is 7.11 Å². The Bertz CT molecular complexity index is 598. The van der Waals surface area contributed by atoms with Crippen molar-refractivity contribution in [1.29, 1.82) is 0 Å². The first kappa shape index (κ1) is 15.1. The number of hydrogen-bond donors (Lipinski definition) is 1. The van der Waals surface area contributed by atoms with Crippen LogP contribution in [0.4, 0.5) is 0 Å². The monoisotopic (exact) mass is 358 g/mol. The number of nitrogens with zero attached hydrogens (tertiary/aromatic N) is 3. The molecule has 108 valence electrons. The highest BCUT2D eigenvalue weighted by molar-refractivity contribution is 9.10. The number of carbonyl (C=O) groups is 1. The molecule has 2 atom stereocenters. The van der Waals surface area contributed by atoms with Gasteiger partial charge >= 0.3 is 5.97 Å². The first-order chi connectivity index (χ1) is 9.56. The zero-order valence-electron chi connectivity index (χ0n) is 11.1. The Balaban J connectivity index is 2.36. The molecule has 0 aliphatic carbocycles. The zero-order valence-corrected chi connectivity index (χ0v) is 13.5. The smallest absolute Gasteiger partial charge is 0.377 e. The summed E-state index contributed by atoms with van der Waals surface area (Å²) in [4.78, 5) is 16.5. The summed E-state index contributed by atoms with van der Waals surface area (Å²) in [5.41, 5.74) is 6.19. The third-order valence-corrected chi connectivity index (χ3v) is 4.68. The minimum absolute atomic E-state index is 0.0384. The molecule has 6 nitrogen and oxygen atoms in total. The lowest BCUT2D eigenvalue weighted by Gasteiger charge is -2.21. The SMILES string of the molecule is CCC(N)C(c1cc(Br)cs1)n1cnc(C(=O)OC)n1. The molecule has 0 spiro atoms. The average Bonchev–Trinajstić information content (AvgIpc) is 3.08. The lowest BCUT2D eigenvalue weighted by molar-refractivity contribution is 0.0586. The summed E-state index contributed by atoms with van der Waals surface area (Å²) in [6.07, 6.45) is 2.30. The molecule has 2 aromatic heterocycles. The van der Waals surface area contributed by atoms with Gasteiger partial charge in [0.2, 0.25) is 0 Å². The van der Waals surface area contributed by atoms with Crippen molar-refractivity contribution in [1.82, 2.24) is 14.8 Å². The van der Waals surface area contributed by atoms with Crippen LogP contribution in [0.1, 0.15) is 34.9 Å². The summed E-state index contributed by atoms with van der Waals surface area (Å²) >= 11 is 5.02. The zero-order chi connectivity index (χ0) is 14.7. The number of nitrogens with two attached hydrogens (primary N) is 1. The Hall–Kier alpha value is -1.25. The number of methoxy groups -OCH3 is 1. The van der Waals surface area contributed by atoms with Crippen molar-refractivity contribution in [2.24, 2.45) is 5.73 Å². The molecule has 2 aromatic rings. The number of thiophene rings is 1. The van der Waals surface area contributed by atoms with Gasteiger partial charge in [-0.2, -0.15) is 0 Å². The summed E-state index contributed by atoms with van der Waals surface area (Å²) in [6.45, 7) is 2.01. The van der Waals surface area contributed by atoms with Crippen molar-refractivity contribution >= 4 is 33.2 Å². The van der Waals surface area contributed by atoms with Crippen LogP contribution in [0, 0.1) is 0 Å². The van der Waals surface area contributed by atoms with Crippen LogP contribution in [-0.4, -0.2) is 33.9 Å². The quantitative estimate of drug-likeness (QED) is 0.828. The van der Waals surface area contributed by atoms with Crippen molar-refractivity contribution in [3.8, 4) is 0 Å². The molecule has 0 aliphatic heterocycles. The molecule has 2 rings (SSSR count). The average molecular weight is 359 g/mol. The maximum Gasteiger partial charge on any atom is 0.377 e. The van der Waals surface area contributed by atoms with Gasteiger partial charge < -0.3 is 10.5 Å². The van der Waals surface area contributed by atoms with Gasteiger partial charge in [0.05, 0.1) is 7.11 Å². The van der Waals surface area contributed by atoms with Gasteiger partial charge in [-0.05, 0) is 28.4 Å². The highest BCUT2D eigenvalue weighted by Crippen LogP contribution is 2.30. The minimum atomic E-state index is -0.556. The van der Waals surface area contributed by atoms with E-state index in [1.54, 1.807) is 16.0 Å². The molecule has 0 fully saturated rings. The van der Waals surface area contributed by atoms with Gasteiger partial charge in [0.25, 0.3) is 5.82 Å². The van der Waals surface area contributed by atoms with Gasteiger partial charge in [0.1, 0.15) is 12.4 Å². The Kier molecular flexibility index (Phi) is 4.90. The van der Waals surface area contributed by atoms with E-state index in [2.05, 4.69) is 30.7 Å². The Labute approximate surface area is 129 Å². The summed E-state index contributed by atoms with van der Waals surface area (Å²) in [5.74, 6) is -0.517. The molecule has 0 bridgehead atoms. The Morgan fingerprint density at radius 1 is 1.65 bits per heavy atom. The van der Waals surface area contributed by atoms with E-state index in [0.717, 1.165) is 15.8 Å². The van der Waals surface area contributed by atoms with Crippen LogP contribution in [-0.2, 0) is 4.74 Å². The van der Waals surface area contributed by atoms with E-state index in [1.165, 1.54) is 13.4 Å². The van der Waals surface area contributed by atoms with Crippen molar-refractivity contribution in [3.05, 3.63) is 32.9 Å². The van der Waals surface area contributed by atoms with Gasteiger partial charge in [-0.15, -0.1) is 16.4 Å². The van der Waals surface area contributed by atoms with Gasteiger partial charge in [-0.1, -0.05) is 6.92 Å². The van der Waals surface area contributed by atoms with Crippen molar-refractivity contribution in [2.45, 2.75) is 25.4 Å². The van der Waals surface area contributed by atoms with E-state index in [9.17, 15) is 4.79 Å². The van der Waals surface area contributed by atoms with Gasteiger partial charge in [0, 0.05) is 20.8 Å². The topological polar surface area (TPSA) is 83.0 Å². The Morgan fingerprint density at radius 2 is 2.40 bits per heavy atom. The fourth-order valence-corrected chi connectivity index (χ4v) is 3.45. The molecule has 8 heteroatoms. The summed E-state index contributed by atoms with van der Waals surface area (Å²) in [7, 11) is 1.30. The molecule has 0 amide bonds. The molecule has 0 saturated heterocycles. The second-order valence-corrected chi connectivity index (χ2v) is 6.08. The van der Waals surface area contributed by atoms with E-state index in [1.807, 2.05) is 18.4 Å². The number of esters is 1. The molecule has 2 heterocycles. The molecule has 0 saturated carbocycles. The van der Waals surface area contributed by atoms with Gasteiger partial charge in [0.15, 0.2) is 0 Å². The minimum Gasteiger partial charge on any atom is -0.463 e. The molecule has 2 unspecified atom stereocenters. The largest absolute Gasteiger partial charge is 0.463 e. The lowest BCUT2D eigenvalue weighted by atomic mass is 10.1. The van der Waals surface area contributed by atoms with E-state index in [0.29, 0.717) is 0 Å². The predicted octanol–water partition coefficient (Wildman–Crippen LogP) is 2.22. The molecule has 0 aliphatic rings. The van der Waals surface area contributed by atoms with Crippen LogP contribution in [0.25, 0.3) is 0 Å². The first-order valence-electron chi connectivity index (χ1n) is 6.05. The maximum absolute atomic E-state index is 11.4. The molecule has 20 heavy (non-hydrogen) atoms. The lowest BCUT2D eigenvalue weighted by Crippen LogP contribution is -2.32. The summed E-state index contributed by atoms with van der Waals surface area (Å²) in [6, 6.07) is 1.74. The van der Waals surface area contributed by atoms with Gasteiger partial charge in [-0.25, -0.2) is 14.5 Å². The molecular weight excluding hydrogens is 344 g/mol. The van der Waals surface area contributed by atoms with Crippen molar-refractivity contribution in [3.63, 3.8) is 0 Å². The van der Waals surface area contributed by atoms with Crippen LogP contribution in [0.5, 0.6) is 0 Å². The van der Waals surface area contributed by atoms with Crippen LogP contribution in [0.2, 0.25) is 0 Å². The van der Waals surface area contributed by atoms with Crippen molar-refractivity contribution < 1.29 is 9.53 Å². The van der Waals surface area contributed by atoms with Crippen LogP contribution < -0.4 is 5.73 Å². The molecule has 0 aromatic carbocycles. The normalized spacial score (nSPS) is 14.0. The first-order valence-corrected chi connectivity index (χ1v) is 7.73. The molecule has 0 radical (unpaired) electrons. The number of aromatic nitrogens is 3.